The van der Waals surface area contributed by atoms with E-state index in [4.69, 9.17) is 0 Å². The molecule has 1 heterocycles. The molecule has 2 N–H and O–H groups in total. The van der Waals surface area contributed by atoms with Gasteiger partial charge in [0.05, 0.1) is 5.56 Å². The largest absolute Gasteiger partial charge is 0.360 e. The summed E-state index contributed by atoms with van der Waals surface area (Å²) in [5, 5.41) is 3.93. The van der Waals surface area contributed by atoms with E-state index in [0.717, 1.165) is 10.9 Å². The number of amides is 1. The number of aromatic nitrogens is 1. The molecule has 90 valence electrons. The first-order valence-corrected chi connectivity index (χ1v) is 5.82. The summed E-state index contributed by atoms with van der Waals surface area (Å²) in [5.74, 6) is -0.0163. The number of benzene rings is 1. The maximum Gasteiger partial charge on any atom is 0.253 e. The van der Waals surface area contributed by atoms with Gasteiger partial charge in [-0.2, -0.15) is 0 Å². The standard InChI is InChI=1S/C14H18N2O/c1-14(2,3)9-16-13(17)11-8-15-12-7-5-4-6-10(11)12/h4-8,15H,9H2,1-3H3,(H,16,17). The van der Waals surface area contributed by atoms with Crippen LogP contribution >= 0.6 is 0 Å². The van der Waals surface area contributed by atoms with Crippen LogP contribution in [0.25, 0.3) is 10.9 Å². The molecule has 2 rings (SSSR count). The lowest BCUT2D eigenvalue weighted by Gasteiger charge is -2.18. The van der Waals surface area contributed by atoms with Gasteiger partial charge in [0.25, 0.3) is 5.91 Å². The zero-order chi connectivity index (χ0) is 12.5. The Balaban J connectivity index is 2.20. The zero-order valence-electron chi connectivity index (χ0n) is 10.5. The Hall–Kier alpha value is -1.77. The van der Waals surface area contributed by atoms with E-state index in [1.54, 1.807) is 6.20 Å². The molecule has 3 nitrogen and oxygen atoms in total. The molecule has 0 radical (unpaired) electrons. The van der Waals surface area contributed by atoms with Crippen molar-refractivity contribution in [1.82, 2.24) is 10.3 Å². The number of fused-ring (bicyclic) bond motifs is 1. The Morgan fingerprint density at radius 1 is 1.29 bits per heavy atom. The minimum Gasteiger partial charge on any atom is -0.360 e. The topological polar surface area (TPSA) is 44.9 Å². The molecule has 0 bridgehead atoms. The lowest BCUT2D eigenvalue weighted by Crippen LogP contribution is -2.32. The summed E-state index contributed by atoms with van der Waals surface area (Å²) < 4.78 is 0. The van der Waals surface area contributed by atoms with Crippen molar-refractivity contribution in [2.45, 2.75) is 20.8 Å². The van der Waals surface area contributed by atoms with Gasteiger partial charge in [-0.05, 0) is 11.5 Å². The maximum atomic E-state index is 12.0. The van der Waals surface area contributed by atoms with E-state index in [-0.39, 0.29) is 11.3 Å². The molecule has 3 heteroatoms. The van der Waals surface area contributed by atoms with Crippen molar-refractivity contribution < 1.29 is 4.79 Å². The van der Waals surface area contributed by atoms with Crippen molar-refractivity contribution in [3.05, 3.63) is 36.0 Å². The Morgan fingerprint density at radius 3 is 2.71 bits per heavy atom. The quantitative estimate of drug-likeness (QED) is 0.818. The van der Waals surface area contributed by atoms with E-state index >= 15 is 0 Å². The van der Waals surface area contributed by atoms with Crippen molar-refractivity contribution in [1.29, 1.82) is 0 Å². The number of rotatable bonds is 2. The van der Waals surface area contributed by atoms with Crippen molar-refractivity contribution in [2.24, 2.45) is 5.41 Å². The van der Waals surface area contributed by atoms with E-state index in [0.29, 0.717) is 12.1 Å². The molecule has 0 aliphatic carbocycles. The number of nitrogens with one attached hydrogen (secondary N) is 2. The highest BCUT2D eigenvalue weighted by atomic mass is 16.1. The first kappa shape index (κ1) is 11.7. The third kappa shape index (κ3) is 2.67. The number of H-pyrrole nitrogens is 1. The SMILES string of the molecule is CC(C)(C)CNC(=O)c1c[nH]c2ccccc12. The Bertz CT molecular complexity index is 534. The molecule has 0 aliphatic heterocycles. The molecule has 0 unspecified atom stereocenters. The van der Waals surface area contributed by atoms with Crippen LogP contribution in [0.15, 0.2) is 30.5 Å². The summed E-state index contributed by atoms with van der Waals surface area (Å²) in [5.41, 5.74) is 1.81. The predicted molar refractivity (Wildman–Crippen MR) is 70.1 cm³/mol. The van der Waals surface area contributed by atoms with Gasteiger partial charge in [-0.15, -0.1) is 0 Å². The highest BCUT2D eigenvalue weighted by Gasteiger charge is 2.15. The monoisotopic (exact) mass is 230 g/mol. The molecule has 0 atom stereocenters. The maximum absolute atomic E-state index is 12.0. The molecule has 1 aromatic heterocycles. The van der Waals surface area contributed by atoms with E-state index in [1.807, 2.05) is 24.3 Å². The van der Waals surface area contributed by atoms with Crippen LogP contribution in [0.3, 0.4) is 0 Å². The second-order valence-corrected chi connectivity index (χ2v) is 5.49. The minimum atomic E-state index is -0.0163. The molecule has 0 saturated carbocycles. The van der Waals surface area contributed by atoms with Crippen LogP contribution in [-0.4, -0.2) is 17.4 Å². The van der Waals surface area contributed by atoms with Crippen LogP contribution in [0.4, 0.5) is 0 Å². The van der Waals surface area contributed by atoms with Gasteiger partial charge in [0, 0.05) is 23.6 Å². The van der Waals surface area contributed by atoms with Crippen LogP contribution in [0.2, 0.25) is 0 Å². The second kappa shape index (κ2) is 4.24. The van der Waals surface area contributed by atoms with Crippen LogP contribution in [-0.2, 0) is 0 Å². The smallest absolute Gasteiger partial charge is 0.253 e. The molecule has 0 aliphatic rings. The van der Waals surface area contributed by atoms with Crippen LogP contribution in [0.1, 0.15) is 31.1 Å². The van der Waals surface area contributed by atoms with Gasteiger partial charge >= 0.3 is 0 Å². The molecule has 0 fully saturated rings. The molecule has 2 aromatic rings. The van der Waals surface area contributed by atoms with Crippen molar-refractivity contribution in [3.8, 4) is 0 Å². The fourth-order valence-corrected chi connectivity index (χ4v) is 1.70. The first-order valence-electron chi connectivity index (χ1n) is 5.82. The summed E-state index contributed by atoms with van der Waals surface area (Å²) in [6, 6.07) is 7.82. The minimum absolute atomic E-state index is 0.0163. The van der Waals surface area contributed by atoms with Crippen LogP contribution < -0.4 is 5.32 Å². The Morgan fingerprint density at radius 2 is 2.00 bits per heavy atom. The average Bonchev–Trinajstić information content (AvgIpc) is 2.68. The molecular formula is C14H18N2O. The van der Waals surface area contributed by atoms with Crippen LogP contribution in [0.5, 0.6) is 0 Å². The number of aromatic amines is 1. The highest BCUT2D eigenvalue weighted by Crippen LogP contribution is 2.18. The molecule has 0 spiro atoms. The molecule has 17 heavy (non-hydrogen) atoms. The van der Waals surface area contributed by atoms with Gasteiger partial charge in [-0.3, -0.25) is 4.79 Å². The molecule has 1 amide bonds. The molecular weight excluding hydrogens is 212 g/mol. The molecule has 0 saturated heterocycles. The van der Waals surface area contributed by atoms with Gasteiger partial charge in [0.15, 0.2) is 0 Å². The normalized spacial score (nSPS) is 11.7. The van der Waals surface area contributed by atoms with Crippen molar-refractivity contribution >= 4 is 16.8 Å². The number of carbonyl (C=O) groups excluding carboxylic acids is 1. The van der Waals surface area contributed by atoms with Gasteiger partial charge in [-0.1, -0.05) is 39.0 Å². The fourth-order valence-electron chi connectivity index (χ4n) is 1.70. The van der Waals surface area contributed by atoms with Gasteiger partial charge in [0.1, 0.15) is 0 Å². The summed E-state index contributed by atoms with van der Waals surface area (Å²) in [6.07, 6.45) is 1.77. The summed E-state index contributed by atoms with van der Waals surface area (Å²) >= 11 is 0. The average molecular weight is 230 g/mol. The highest BCUT2D eigenvalue weighted by molar-refractivity contribution is 6.06. The number of hydrogen-bond acceptors (Lipinski definition) is 1. The summed E-state index contributed by atoms with van der Waals surface area (Å²) in [6.45, 7) is 6.97. The van der Waals surface area contributed by atoms with Gasteiger partial charge in [-0.25, -0.2) is 0 Å². The number of para-hydroxylation sites is 1. The van der Waals surface area contributed by atoms with Crippen molar-refractivity contribution in [3.63, 3.8) is 0 Å². The Labute approximate surface area is 101 Å². The van der Waals surface area contributed by atoms with Gasteiger partial charge in [0.2, 0.25) is 0 Å². The first-order chi connectivity index (χ1) is 7.97. The Kier molecular flexibility index (Phi) is 2.92. The summed E-state index contributed by atoms with van der Waals surface area (Å²) in [7, 11) is 0. The second-order valence-electron chi connectivity index (χ2n) is 5.49. The third-order valence-corrected chi connectivity index (χ3v) is 2.61. The lowest BCUT2D eigenvalue weighted by atomic mass is 9.97. The lowest BCUT2D eigenvalue weighted by molar-refractivity contribution is 0.0941. The number of hydrogen-bond donors (Lipinski definition) is 2. The van der Waals surface area contributed by atoms with Crippen molar-refractivity contribution in [2.75, 3.05) is 6.54 Å². The third-order valence-electron chi connectivity index (χ3n) is 2.61. The predicted octanol–water partition coefficient (Wildman–Crippen LogP) is 2.94. The van der Waals surface area contributed by atoms with Gasteiger partial charge < -0.3 is 10.3 Å². The van der Waals surface area contributed by atoms with E-state index < -0.39 is 0 Å². The fraction of sp³-hybridized carbons (Fsp3) is 0.357. The van der Waals surface area contributed by atoms with E-state index in [2.05, 4.69) is 31.1 Å². The van der Waals surface area contributed by atoms with E-state index in [1.165, 1.54) is 0 Å². The number of carbonyl (C=O) groups is 1. The molecule has 1 aromatic carbocycles. The summed E-state index contributed by atoms with van der Waals surface area (Å²) in [4.78, 5) is 15.1. The van der Waals surface area contributed by atoms with E-state index in [9.17, 15) is 4.79 Å². The zero-order valence-corrected chi connectivity index (χ0v) is 10.5. The van der Waals surface area contributed by atoms with Crippen LogP contribution in [0, 0.1) is 5.41 Å².